The van der Waals surface area contributed by atoms with E-state index < -0.39 is 0 Å². The lowest BCUT2D eigenvalue weighted by Crippen LogP contribution is -2.72. The maximum atomic E-state index is 5.18. The van der Waals surface area contributed by atoms with E-state index in [4.69, 9.17) is 4.74 Å². The van der Waals surface area contributed by atoms with Crippen LogP contribution in [0.15, 0.2) is 0 Å². The van der Waals surface area contributed by atoms with Gasteiger partial charge in [-0.25, -0.2) is 0 Å². The molecule has 0 amide bonds. The summed E-state index contributed by atoms with van der Waals surface area (Å²) < 4.78 is 5.18. The summed E-state index contributed by atoms with van der Waals surface area (Å²) in [4.78, 5) is 35.4. The van der Waals surface area contributed by atoms with Crippen molar-refractivity contribution in [3.63, 3.8) is 0 Å². The van der Waals surface area contributed by atoms with Crippen LogP contribution in [0, 0.1) is 43.3 Å². The van der Waals surface area contributed by atoms with Gasteiger partial charge in [-0.15, -0.1) is 0 Å². The summed E-state index contributed by atoms with van der Waals surface area (Å²) in [7, 11) is 13.4. The molecular weight excluding hydrogens is 1370 g/mol. The highest BCUT2D eigenvalue weighted by Crippen LogP contribution is 2.47. The van der Waals surface area contributed by atoms with Gasteiger partial charge in [-0.3, -0.25) is 24.5 Å². The molecule has 16 aliphatic rings. The smallest absolute Gasteiger partial charge is 0.0569 e. The topological polar surface area (TPSA) is 54.6 Å². The lowest BCUT2D eigenvalue weighted by atomic mass is 9.71. The Balaban J connectivity index is 0.000000612. The monoisotopic (exact) mass is 1580 g/mol. The van der Waals surface area contributed by atoms with Gasteiger partial charge in [0.2, 0.25) is 0 Å². The summed E-state index contributed by atoms with van der Waals surface area (Å²) in [6.45, 7) is 108. The van der Waals surface area contributed by atoms with Crippen molar-refractivity contribution in [1.29, 1.82) is 0 Å². The number of likely N-dealkylation sites (tertiary alicyclic amines) is 14. The summed E-state index contributed by atoms with van der Waals surface area (Å²) in [5.74, 6) is 2.85. The molecule has 660 valence electrons. The standard InChI is InChI=1S/3C11H22N2.2C10H20N2.C9H18N2.C8H15NO.C8H15NS.8C2H6/c1-10(2)13-6-4-11(5-7-13)8-12(3)9-11;1-10(2)13-8-11(9-13)4-6-12(3)7-5-11;1-10(2)13-6-4-5-11(9-13)7-12(3)8-11;1-9(2)12-5-4-10(8-12)6-11(3)7-10;1-9(2)12-7-10(8-12)4-5-11(3)6-10;1-8(2)11-6-9(7-11)4-10(3)5-9;2*1-7(2)9-3-8(4-9)5-10-6-8;8*1-2/h3*10H,4-9H2,1-3H3;2*9H,4-8H2,1-3H3;8H,4-7H2,1-3H3;2*7H,3-6H2,1-2H3;8*1-2H3. The van der Waals surface area contributed by atoms with Crippen LogP contribution in [0.5, 0.6) is 0 Å². The molecule has 16 heteroatoms. The Hall–Kier alpha value is -0.250. The van der Waals surface area contributed by atoms with E-state index in [1.807, 2.05) is 111 Å². The molecule has 16 saturated heterocycles. The average Bonchev–Trinajstić information content (AvgIpc) is 1.14. The van der Waals surface area contributed by atoms with Crippen molar-refractivity contribution >= 4 is 11.8 Å². The lowest BCUT2D eigenvalue weighted by Gasteiger charge is -2.60. The van der Waals surface area contributed by atoms with Gasteiger partial charge in [-0.05, 0) is 261 Å². The van der Waals surface area contributed by atoms with E-state index in [-0.39, 0.29) is 0 Å². The molecule has 0 saturated carbocycles. The molecule has 0 atom stereocenters. The number of hydrogen-bond donors (Lipinski definition) is 0. The van der Waals surface area contributed by atoms with E-state index in [9.17, 15) is 0 Å². The molecule has 16 fully saturated rings. The number of piperidine rings is 3. The summed E-state index contributed by atoms with van der Waals surface area (Å²) in [6, 6.07) is 5.99. The Kier molecular flexibility index (Phi) is 51.0. The van der Waals surface area contributed by atoms with E-state index in [0.29, 0.717) is 21.7 Å². The summed E-state index contributed by atoms with van der Waals surface area (Å²) in [5.41, 5.74) is 5.62. The van der Waals surface area contributed by atoms with Crippen molar-refractivity contribution in [2.75, 3.05) is 250 Å². The SMILES string of the molecule is CC.CC.CC.CC.CC.CC.CC.CC.CC(C)N1CC2(CCN(C)C2)C1.CC(C)N1CC2(CCN(C)CC2)C1.CC(C)N1CC2(CN(C)C2)C1.CC(C)N1CC2(COC2)C1.CC(C)N1CC2(CSC2)C1.CC(C)N1CCC2(CC1)CN(C)C2.CC(C)N1CCC2(CN(C)C2)C1.CC(C)N1CCCC2(CN(C)C2)C1. The van der Waals surface area contributed by atoms with Gasteiger partial charge in [0.1, 0.15) is 0 Å². The van der Waals surface area contributed by atoms with E-state index in [0.717, 1.165) is 83.2 Å². The van der Waals surface area contributed by atoms with Crippen molar-refractivity contribution < 1.29 is 4.74 Å². The number of thioether (sulfide) groups is 1. The molecule has 16 heterocycles. The van der Waals surface area contributed by atoms with Crippen molar-refractivity contribution in [1.82, 2.24) is 68.6 Å². The predicted octanol–water partition coefficient (Wildman–Crippen LogP) is 17.4. The van der Waals surface area contributed by atoms with Gasteiger partial charge in [-0.1, -0.05) is 111 Å². The zero-order chi connectivity index (χ0) is 84.4. The zero-order valence-corrected chi connectivity index (χ0v) is 82.8. The van der Waals surface area contributed by atoms with Crippen LogP contribution in [0.3, 0.4) is 0 Å². The van der Waals surface area contributed by atoms with Crippen LogP contribution in [0.2, 0.25) is 0 Å². The van der Waals surface area contributed by atoms with E-state index in [2.05, 4.69) is 233 Å². The molecule has 15 nitrogen and oxygen atoms in total. The molecule has 0 aromatic heterocycles. The Morgan fingerprint density at radius 2 is 0.418 bits per heavy atom. The maximum absolute atomic E-state index is 5.18. The van der Waals surface area contributed by atoms with Crippen LogP contribution in [0.1, 0.15) is 273 Å². The van der Waals surface area contributed by atoms with Gasteiger partial charge in [-0.2, -0.15) is 11.8 Å². The highest BCUT2D eigenvalue weighted by molar-refractivity contribution is 8.00. The average molecular weight is 1580 g/mol. The van der Waals surface area contributed by atoms with Crippen LogP contribution >= 0.6 is 11.8 Å². The summed E-state index contributed by atoms with van der Waals surface area (Å²) in [5, 5.41) is 0. The minimum absolute atomic E-state index is 0.601. The third kappa shape index (κ3) is 32.0. The van der Waals surface area contributed by atoms with Gasteiger partial charge in [0.15, 0.2) is 0 Å². The van der Waals surface area contributed by atoms with Crippen LogP contribution < -0.4 is 0 Å². The Labute approximate surface area is 696 Å². The van der Waals surface area contributed by atoms with Crippen molar-refractivity contribution in [3.05, 3.63) is 0 Å². The van der Waals surface area contributed by atoms with E-state index >= 15 is 0 Å². The lowest BCUT2D eigenvalue weighted by molar-refractivity contribution is -0.195. The minimum Gasteiger partial charge on any atom is -0.380 e. The number of rotatable bonds is 8. The first-order chi connectivity index (χ1) is 52.1. The van der Waals surface area contributed by atoms with Gasteiger partial charge in [0.25, 0.3) is 0 Å². The van der Waals surface area contributed by atoms with Gasteiger partial charge < -0.3 is 48.8 Å². The third-order valence-electron chi connectivity index (χ3n) is 26.4. The Morgan fingerprint density at radius 3 is 0.709 bits per heavy atom. The van der Waals surface area contributed by atoms with E-state index in [1.54, 1.807) is 0 Å². The first kappa shape index (κ1) is 108. The molecule has 0 bridgehead atoms. The van der Waals surface area contributed by atoms with Gasteiger partial charge >= 0.3 is 0 Å². The van der Waals surface area contributed by atoms with E-state index in [1.165, 1.54) is 246 Å². The fraction of sp³-hybridized carbons (Fsp3) is 1.00. The first-order valence-corrected chi connectivity index (χ1v) is 48.5. The quantitative estimate of drug-likeness (QED) is 0.232. The fourth-order valence-electron chi connectivity index (χ4n) is 19.9. The summed E-state index contributed by atoms with van der Waals surface area (Å²) >= 11 is 2.11. The molecular formula is C94H202N14OS. The van der Waals surface area contributed by atoms with Crippen LogP contribution in [-0.2, 0) is 4.74 Å². The second-order valence-corrected chi connectivity index (χ2v) is 39.6. The van der Waals surface area contributed by atoms with Crippen molar-refractivity contribution in [3.8, 4) is 0 Å². The van der Waals surface area contributed by atoms with Gasteiger partial charge in [0, 0.05) is 230 Å². The largest absolute Gasteiger partial charge is 0.380 e. The molecule has 0 unspecified atom stereocenters. The Morgan fingerprint density at radius 1 is 0.200 bits per heavy atom. The van der Waals surface area contributed by atoms with Crippen molar-refractivity contribution in [2.45, 2.75) is 321 Å². The molecule has 0 aromatic carbocycles. The van der Waals surface area contributed by atoms with Crippen LogP contribution in [0.4, 0.5) is 0 Å². The Bertz CT molecular complexity index is 2190. The molecule has 16 aliphatic heterocycles. The number of hydrogen-bond acceptors (Lipinski definition) is 16. The normalized spacial score (nSPS) is 26.0. The van der Waals surface area contributed by atoms with Crippen LogP contribution in [0.25, 0.3) is 0 Å². The second-order valence-electron chi connectivity index (χ2n) is 38.6. The zero-order valence-electron chi connectivity index (χ0n) is 82.0. The molecule has 110 heavy (non-hydrogen) atoms. The highest BCUT2D eigenvalue weighted by atomic mass is 32.2. The summed E-state index contributed by atoms with van der Waals surface area (Å²) in [6.07, 6.45) is 11.4. The van der Waals surface area contributed by atoms with Gasteiger partial charge in [0.05, 0.1) is 13.2 Å². The predicted molar refractivity (Wildman–Crippen MR) is 494 cm³/mol. The molecule has 0 radical (unpaired) electrons. The third-order valence-corrected chi connectivity index (χ3v) is 28.0. The molecule has 16 rings (SSSR count). The molecule has 8 spiro atoms. The van der Waals surface area contributed by atoms with Crippen molar-refractivity contribution in [2.24, 2.45) is 43.3 Å². The highest BCUT2D eigenvalue weighted by Gasteiger charge is 2.53. The second kappa shape index (κ2) is 52.0. The number of nitrogens with zero attached hydrogens (tertiary/aromatic N) is 14. The molecule has 0 N–H and O–H groups in total. The van der Waals surface area contributed by atoms with Crippen LogP contribution in [-0.4, -0.2) is 367 Å². The minimum atomic E-state index is 0.601. The fourth-order valence-corrected chi connectivity index (χ4v) is 21.1. The maximum Gasteiger partial charge on any atom is 0.0569 e. The first-order valence-electron chi connectivity index (χ1n) is 47.3. The molecule has 0 aromatic rings. The molecule has 0 aliphatic carbocycles. The number of ether oxygens (including phenoxy) is 1.